The lowest BCUT2D eigenvalue weighted by atomic mass is 10.2. The number of nitrogens with zero attached hydrogens (tertiary/aromatic N) is 4. The topological polar surface area (TPSA) is 77.1 Å². The largest absolute Gasteiger partial charge is 0.497 e. The summed E-state index contributed by atoms with van der Waals surface area (Å²) in [4.78, 5) is 0. The zero-order chi connectivity index (χ0) is 23.6. The second-order valence-electron chi connectivity index (χ2n) is 7.22. The summed E-state index contributed by atoms with van der Waals surface area (Å²) >= 11 is 0. The fourth-order valence-corrected chi connectivity index (χ4v) is 3.04. The Hall–Kier alpha value is -4.52. The number of methoxy groups -OCH3 is 2. The number of hydrogen-bond donors (Lipinski definition) is 0. The number of azo groups is 2. The molecule has 4 aromatic carbocycles. The third-order valence-electron chi connectivity index (χ3n) is 4.87. The molecule has 0 bridgehead atoms. The van der Waals surface area contributed by atoms with Crippen molar-refractivity contribution in [2.24, 2.45) is 20.5 Å². The van der Waals surface area contributed by atoms with Gasteiger partial charge in [-0.1, -0.05) is 36.4 Å². The van der Waals surface area contributed by atoms with E-state index in [1.165, 1.54) is 0 Å². The summed E-state index contributed by atoms with van der Waals surface area (Å²) in [6.07, 6.45) is 0. The van der Waals surface area contributed by atoms with Crippen LogP contribution in [0.4, 0.5) is 22.7 Å². The second-order valence-corrected chi connectivity index (χ2v) is 7.22. The van der Waals surface area contributed by atoms with E-state index in [-0.39, 0.29) is 0 Å². The Balaban J connectivity index is 1.60. The summed E-state index contributed by atoms with van der Waals surface area (Å²) < 4.78 is 16.4. The molecule has 0 heterocycles. The third kappa shape index (κ3) is 6.26. The molecule has 0 unspecified atom stereocenters. The van der Waals surface area contributed by atoms with Crippen molar-refractivity contribution in [2.45, 2.75) is 6.61 Å². The van der Waals surface area contributed by atoms with Gasteiger partial charge in [-0.3, -0.25) is 0 Å². The van der Waals surface area contributed by atoms with Crippen LogP contribution in [0, 0.1) is 0 Å². The molecule has 0 saturated carbocycles. The van der Waals surface area contributed by atoms with Crippen LogP contribution in [-0.4, -0.2) is 14.2 Å². The number of hydrogen-bond acceptors (Lipinski definition) is 7. The van der Waals surface area contributed by atoms with Gasteiger partial charge in [-0.15, -0.1) is 10.2 Å². The molecule has 7 heteroatoms. The minimum absolute atomic E-state index is 0.445. The van der Waals surface area contributed by atoms with Gasteiger partial charge in [0, 0.05) is 12.1 Å². The molecule has 0 atom stereocenters. The molecule has 0 fully saturated rings. The van der Waals surface area contributed by atoms with Gasteiger partial charge in [-0.05, 0) is 54.1 Å². The summed E-state index contributed by atoms with van der Waals surface area (Å²) in [6, 6.07) is 30.1. The molecule has 0 amide bonds. The van der Waals surface area contributed by atoms with E-state index < -0.39 is 0 Å². The lowest BCUT2D eigenvalue weighted by Crippen LogP contribution is -1.94. The molecule has 0 N–H and O–H groups in total. The molecule has 34 heavy (non-hydrogen) atoms. The van der Waals surface area contributed by atoms with E-state index in [0.29, 0.717) is 40.9 Å². The first kappa shape index (κ1) is 22.7. The van der Waals surface area contributed by atoms with Crippen molar-refractivity contribution < 1.29 is 14.2 Å². The molecular formula is C27H24N4O3. The Kier molecular flexibility index (Phi) is 7.58. The Morgan fingerprint density at radius 1 is 0.529 bits per heavy atom. The Bertz CT molecular complexity index is 1270. The summed E-state index contributed by atoms with van der Waals surface area (Å²) in [6.45, 7) is 0.445. The number of ether oxygens (including phenoxy) is 3. The highest BCUT2D eigenvalue weighted by Crippen LogP contribution is 2.35. The molecule has 0 saturated heterocycles. The van der Waals surface area contributed by atoms with Crippen LogP contribution in [0.25, 0.3) is 0 Å². The van der Waals surface area contributed by atoms with Crippen LogP contribution in [0.5, 0.6) is 17.2 Å². The standard InChI is InChI=1S/C27H24N4O3/c1-32-23-13-11-21(12-14-23)28-31-27-18-25(34-19-20-7-4-3-5-8-20)15-16-26(27)30-29-22-9-6-10-24(17-22)33-2/h3-18H,19H2,1-2H3. The van der Waals surface area contributed by atoms with E-state index in [2.05, 4.69) is 20.5 Å². The predicted molar refractivity (Wildman–Crippen MR) is 132 cm³/mol. The van der Waals surface area contributed by atoms with Gasteiger partial charge >= 0.3 is 0 Å². The van der Waals surface area contributed by atoms with Crippen LogP contribution in [0.3, 0.4) is 0 Å². The van der Waals surface area contributed by atoms with Crippen molar-refractivity contribution >= 4 is 22.7 Å². The van der Waals surface area contributed by atoms with Crippen LogP contribution in [0.15, 0.2) is 118 Å². The normalized spacial score (nSPS) is 11.1. The first-order chi connectivity index (χ1) is 16.7. The van der Waals surface area contributed by atoms with Gasteiger partial charge in [-0.25, -0.2) is 0 Å². The van der Waals surface area contributed by atoms with Crippen molar-refractivity contribution in [3.05, 3.63) is 103 Å². The van der Waals surface area contributed by atoms with E-state index in [0.717, 1.165) is 11.3 Å². The zero-order valence-corrected chi connectivity index (χ0v) is 19.0. The van der Waals surface area contributed by atoms with Gasteiger partial charge in [0.2, 0.25) is 0 Å². The highest BCUT2D eigenvalue weighted by molar-refractivity contribution is 5.64. The summed E-state index contributed by atoms with van der Waals surface area (Å²) in [7, 11) is 3.24. The molecule has 0 radical (unpaired) electrons. The van der Waals surface area contributed by atoms with E-state index in [9.17, 15) is 0 Å². The van der Waals surface area contributed by atoms with Gasteiger partial charge < -0.3 is 14.2 Å². The van der Waals surface area contributed by atoms with Gasteiger partial charge in [-0.2, -0.15) is 10.2 Å². The van der Waals surface area contributed by atoms with Gasteiger partial charge in [0.1, 0.15) is 35.2 Å². The highest BCUT2D eigenvalue weighted by atomic mass is 16.5. The molecule has 4 rings (SSSR count). The first-order valence-electron chi connectivity index (χ1n) is 10.7. The van der Waals surface area contributed by atoms with Crippen LogP contribution < -0.4 is 14.2 Å². The molecule has 0 aliphatic carbocycles. The van der Waals surface area contributed by atoms with Gasteiger partial charge in [0.15, 0.2) is 0 Å². The maximum atomic E-state index is 5.96. The lowest BCUT2D eigenvalue weighted by molar-refractivity contribution is 0.306. The van der Waals surface area contributed by atoms with Crippen molar-refractivity contribution in [1.29, 1.82) is 0 Å². The SMILES string of the molecule is COc1ccc(N=Nc2cc(OCc3ccccc3)ccc2N=Nc2cccc(OC)c2)cc1. The Morgan fingerprint density at radius 3 is 2.00 bits per heavy atom. The summed E-state index contributed by atoms with van der Waals surface area (Å²) in [5, 5.41) is 17.5. The smallest absolute Gasteiger partial charge is 0.122 e. The maximum absolute atomic E-state index is 5.96. The molecule has 4 aromatic rings. The molecule has 0 aliphatic heterocycles. The molecule has 0 spiro atoms. The molecule has 0 aliphatic rings. The average Bonchev–Trinajstić information content (AvgIpc) is 2.91. The summed E-state index contributed by atoms with van der Waals surface area (Å²) in [5.74, 6) is 2.12. The predicted octanol–water partition coefficient (Wildman–Crippen LogP) is 8.11. The second kappa shape index (κ2) is 11.4. The average molecular weight is 453 g/mol. The van der Waals surface area contributed by atoms with Gasteiger partial charge in [0.05, 0.1) is 25.6 Å². The maximum Gasteiger partial charge on any atom is 0.122 e. The third-order valence-corrected chi connectivity index (χ3v) is 4.87. The fourth-order valence-electron chi connectivity index (χ4n) is 3.04. The van der Waals surface area contributed by atoms with Crippen molar-refractivity contribution in [1.82, 2.24) is 0 Å². The van der Waals surface area contributed by atoms with Crippen molar-refractivity contribution in [3.63, 3.8) is 0 Å². The fraction of sp³-hybridized carbons (Fsp3) is 0.111. The molecular weight excluding hydrogens is 428 g/mol. The van der Waals surface area contributed by atoms with Crippen molar-refractivity contribution in [3.8, 4) is 17.2 Å². The molecule has 170 valence electrons. The minimum Gasteiger partial charge on any atom is -0.497 e. The lowest BCUT2D eigenvalue weighted by Gasteiger charge is -2.08. The minimum atomic E-state index is 0.445. The Labute approximate surface area is 198 Å². The van der Waals surface area contributed by atoms with E-state index in [1.54, 1.807) is 26.4 Å². The van der Waals surface area contributed by atoms with E-state index in [4.69, 9.17) is 14.2 Å². The Morgan fingerprint density at radius 2 is 1.24 bits per heavy atom. The zero-order valence-electron chi connectivity index (χ0n) is 19.0. The van der Waals surface area contributed by atoms with Crippen molar-refractivity contribution in [2.75, 3.05) is 14.2 Å². The van der Waals surface area contributed by atoms with Crippen LogP contribution in [0.2, 0.25) is 0 Å². The molecule has 0 aromatic heterocycles. The number of rotatable bonds is 9. The monoisotopic (exact) mass is 452 g/mol. The first-order valence-corrected chi connectivity index (χ1v) is 10.7. The van der Waals surface area contributed by atoms with E-state index in [1.807, 2.05) is 84.9 Å². The van der Waals surface area contributed by atoms with Gasteiger partial charge in [0.25, 0.3) is 0 Å². The van der Waals surface area contributed by atoms with E-state index >= 15 is 0 Å². The highest BCUT2D eigenvalue weighted by Gasteiger charge is 2.06. The van der Waals surface area contributed by atoms with Crippen LogP contribution >= 0.6 is 0 Å². The number of benzene rings is 4. The summed E-state index contributed by atoms with van der Waals surface area (Å²) in [5.41, 5.74) is 3.53. The quantitative estimate of drug-likeness (QED) is 0.241. The van der Waals surface area contributed by atoms with Crippen LogP contribution in [0.1, 0.15) is 5.56 Å². The molecule has 7 nitrogen and oxygen atoms in total. The van der Waals surface area contributed by atoms with Crippen LogP contribution in [-0.2, 0) is 6.61 Å².